The van der Waals surface area contributed by atoms with E-state index in [1.54, 1.807) is 4.68 Å². The fourth-order valence-corrected chi connectivity index (χ4v) is 2.00. The largest absolute Gasteiger partial charge is 0.492 e. The minimum absolute atomic E-state index is 0. The zero-order valence-corrected chi connectivity index (χ0v) is 16.7. The van der Waals surface area contributed by atoms with Crippen LogP contribution in [0.3, 0.4) is 0 Å². The molecule has 0 atom stereocenters. The fraction of sp³-hybridized carbons (Fsp3) is 0.438. The normalized spacial score (nSPS) is 10.9. The van der Waals surface area contributed by atoms with Gasteiger partial charge in [0.2, 0.25) is 0 Å². The zero-order chi connectivity index (χ0) is 16.5. The maximum Gasteiger partial charge on any atom is 0.191 e. The summed E-state index contributed by atoms with van der Waals surface area (Å²) in [7, 11) is 1.86. The molecule has 0 saturated heterocycles. The van der Waals surface area contributed by atoms with Gasteiger partial charge in [-0.15, -0.1) is 24.0 Å². The molecule has 1 heterocycles. The number of hydrogen-bond donors (Lipinski definition) is 2. The average Bonchev–Trinajstić information content (AvgIpc) is 2.94. The summed E-state index contributed by atoms with van der Waals surface area (Å²) >= 11 is 0. The molecule has 2 rings (SSSR count). The molecule has 132 valence electrons. The highest BCUT2D eigenvalue weighted by molar-refractivity contribution is 14.0. The molecule has 0 spiro atoms. The quantitative estimate of drug-likeness (QED) is 0.295. The third kappa shape index (κ3) is 6.73. The number of hydrogen-bond acceptors (Lipinski definition) is 4. The Morgan fingerprint density at radius 1 is 1.33 bits per heavy atom. The highest BCUT2D eigenvalue weighted by Crippen LogP contribution is 2.11. The van der Waals surface area contributed by atoms with Crippen LogP contribution in [-0.4, -0.2) is 40.4 Å². The van der Waals surface area contributed by atoms with Crippen molar-refractivity contribution in [2.75, 3.05) is 19.7 Å². The first-order chi connectivity index (χ1) is 11.2. The predicted octanol–water partition coefficient (Wildman–Crippen LogP) is 1.88. The average molecular weight is 444 g/mol. The molecule has 1 aromatic heterocycles. The first-order valence-corrected chi connectivity index (χ1v) is 7.73. The Morgan fingerprint density at radius 2 is 2.17 bits per heavy atom. The molecule has 1 aromatic carbocycles. The number of benzene rings is 1. The summed E-state index contributed by atoms with van der Waals surface area (Å²) in [5.74, 6) is 2.44. The Bertz CT molecular complexity index is 643. The van der Waals surface area contributed by atoms with Crippen molar-refractivity contribution in [1.29, 1.82) is 0 Å². The number of aromatic nitrogens is 3. The number of ether oxygens (including phenoxy) is 1. The predicted molar refractivity (Wildman–Crippen MR) is 106 cm³/mol. The maximum atomic E-state index is 5.71. The summed E-state index contributed by atoms with van der Waals surface area (Å²) in [4.78, 5) is 8.65. The van der Waals surface area contributed by atoms with Gasteiger partial charge >= 0.3 is 0 Å². The van der Waals surface area contributed by atoms with Crippen molar-refractivity contribution in [3.8, 4) is 5.75 Å². The maximum absolute atomic E-state index is 5.71. The first kappa shape index (κ1) is 20.2. The van der Waals surface area contributed by atoms with Gasteiger partial charge in [0.15, 0.2) is 5.96 Å². The van der Waals surface area contributed by atoms with Crippen LogP contribution in [0, 0.1) is 6.92 Å². The van der Waals surface area contributed by atoms with Crippen LogP contribution >= 0.6 is 24.0 Å². The van der Waals surface area contributed by atoms with Crippen molar-refractivity contribution < 1.29 is 4.74 Å². The van der Waals surface area contributed by atoms with Gasteiger partial charge in [0.25, 0.3) is 0 Å². The molecule has 0 unspecified atom stereocenters. The van der Waals surface area contributed by atoms with Gasteiger partial charge in [0, 0.05) is 13.6 Å². The van der Waals surface area contributed by atoms with Crippen molar-refractivity contribution in [3.05, 3.63) is 42.0 Å². The number of aryl methyl sites for hydroxylation is 2. The third-order valence-electron chi connectivity index (χ3n) is 3.18. The number of halogens is 1. The second-order valence-corrected chi connectivity index (χ2v) is 5.09. The molecule has 0 bridgehead atoms. The summed E-state index contributed by atoms with van der Waals surface area (Å²) in [5, 5.41) is 10.5. The van der Waals surface area contributed by atoms with E-state index in [2.05, 4.69) is 25.7 Å². The topological polar surface area (TPSA) is 76.4 Å². The van der Waals surface area contributed by atoms with Crippen molar-refractivity contribution in [3.63, 3.8) is 0 Å². The third-order valence-corrected chi connectivity index (χ3v) is 3.18. The number of guanidine groups is 1. The van der Waals surface area contributed by atoms with Gasteiger partial charge in [-0.3, -0.25) is 4.68 Å². The van der Waals surface area contributed by atoms with Crippen molar-refractivity contribution in [2.24, 2.45) is 12.0 Å². The monoisotopic (exact) mass is 444 g/mol. The lowest BCUT2D eigenvalue weighted by molar-refractivity contribution is 0.321. The van der Waals surface area contributed by atoms with E-state index in [1.807, 2.05) is 45.2 Å². The molecule has 0 aliphatic rings. The van der Waals surface area contributed by atoms with E-state index < -0.39 is 0 Å². The Hall–Kier alpha value is -1.84. The van der Waals surface area contributed by atoms with Crippen LogP contribution in [0.25, 0.3) is 0 Å². The molecule has 0 radical (unpaired) electrons. The minimum atomic E-state index is 0. The SMILES string of the molecule is CCNC(=NCc1ncnn1C)NCCOc1cccc(C)c1.I. The Labute approximate surface area is 159 Å². The molecule has 2 aromatic rings. The van der Waals surface area contributed by atoms with Gasteiger partial charge in [0.05, 0.1) is 6.54 Å². The first-order valence-electron chi connectivity index (χ1n) is 7.73. The molecule has 0 fully saturated rings. The molecule has 7 nitrogen and oxygen atoms in total. The van der Waals surface area contributed by atoms with Crippen LogP contribution in [0.5, 0.6) is 5.75 Å². The van der Waals surface area contributed by atoms with Crippen molar-refractivity contribution in [1.82, 2.24) is 25.4 Å². The lowest BCUT2D eigenvalue weighted by Crippen LogP contribution is -2.39. The summed E-state index contributed by atoms with van der Waals surface area (Å²) in [6.45, 7) is 6.58. The highest BCUT2D eigenvalue weighted by atomic mass is 127. The molecule has 8 heteroatoms. The van der Waals surface area contributed by atoms with Gasteiger partial charge in [-0.05, 0) is 31.5 Å². The van der Waals surface area contributed by atoms with Crippen LogP contribution < -0.4 is 15.4 Å². The number of nitrogens with zero attached hydrogens (tertiary/aromatic N) is 4. The Morgan fingerprint density at radius 3 is 2.83 bits per heavy atom. The second-order valence-electron chi connectivity index (χ2n) is 5.09. The van der Waals surface area contributed by atoms with E-state index in [9.17, 15) is 0 Å². The van der Waals surface area contributed by atoms with E-state index in [1.165, 1.54) is 11.9 Å². The summed E-state index contributed by atoms with van der Waals surface area (Å²) in [6.07, 6.45) is 1.53. The van der Waals surface area contributed by atoms with E-state index in [-0.39, 0.29) is 24.0 Å². The highest BCUT2D eigenvalue weighted by Gasteiger charge is 2.01. The molecule has 24 heavy (non-hydrogen) atoms. The molecule has 2 N–H and O–H groups in total. The van der Waals surface area contributed by atoms with Gasteiger partial charge in [-0.1, -0.05) is 12.1 Å². The summed E-state index contributed by atoms with van der Waals surface area (Å²) in [5.41, 5.74) is 1.19. The van der Waals surface area contributed by atoms with E-state index in [0.29, 0.717) is 19.7 Å². The Kier molecular flexibility index (Phi) is 9.13. The van der Waals surface area contributed by atoms with Crippen LogP contribution in [0.1, 0.15) is 18.3 Å². The van der Waals surface area contributed by atoms with E-state index in [4.69, 9.17) is 4.74 Å². The van der Waals surface area contributed by atoms with E-state index in [0.717, 1.165) is 24.1 Å². The smallest absolute Gasteiger partial charge is 0.191 e. The van der Waals surface area contributed by atoms with Crippen LogP contribution in [-0.2, 0) is 13.6 Å². The van der Waals surface area contributed by atoms with Crippen molar-refractivity contribution in [2.45, 2.75) is 20.4 Å². The molecule has 0 amide bonds. The molecule has 0 aliphatic carbocycles. The second kappa shape index (κ2) is 10.8. The lowest BCUT2D eigenvalue weighted by Gasteiger charge is -2.12. The summed E-state index contributed by atoms with van der Waals surface area (Å²) < 4.78 is 7.43. The molecular weight excluding hydrogens is 419 g/mol. The Balaban J connectivity index is 0.00000288. The molecule has 0 aliphatic heterocycles. The number of rotatable bonds is 7. The fourth-order valence-electron chi connectivity index (χ4n) is 2.00. The van der Waals surface area contributed by atoms with Gasteiger partial charge in [-0.2, -0.15) is 5.10 Å². The van der Waals surface area contributed by atoms with Crippen LogP contribution in [0.2, 0.25) is 0 Å². The van der Waals surface area contributed by atoms with Gasteiger partial charge < -0.3 is 15.4 Å². The van der Waals surface area contributed by atoms with Crippen LogP contribution in [0.15, 0.2) is 35.6 Å². The van der Waals surface area contributed by atoms with Crippen molar-refractivity contribution >= 4 is 29.9 Å². The molecule has 0 saturated carbocycles. The lowest BCUT2D eigenvalue weighted by atomic mass is 10.2. The molecular formula is C16H25IN6O. The zero-order valence-electron chi connectivity index (χ0n) is 14.3. The van der Waals surface area contributed by atoms with E-state index >= 15 is 0 Å². The standard InChI is InChI=1S/C16H24N6O.HI/c1-4-17-16(19-11-15-20-12-21-22(15)3)18-8-9-23-14-7-5-6-13(2)10-14;/h5-7,10,12H,4,8-9,11H2,1-3H3,(H2,17,18,19);1H. The number of aliphatic imine (C=N–C) groups is 1. The minimum Gasteiger partial charge on any atom is -0.492 e. The summed E-state index contributed by atoms with van der Waals surface area (Å²) in [6, 6.07) is 8.02. The van der Waals surface area contributed by atoms with Gasteiger partial charge in [-0.25, -0.2) is 9.98 Å². The van der Waals surface area contributed by atoms with Gasteiger partial charge in [0.1, 0.15) is 31.1 Å². The van der Waals surface area contributed by atoms with Crippen LogP contribution in [0.4, 0.5) is 0 Å². The number of nitrogens with one attached hydrogen (secondary N) is 2.